The molecule has 0 aromatic heterocycles. The first-order valence-corrected chi connectivity index (χ1v) is 9.39. The van der Waals surface area contributed by atoms with Gasteiger partial charge in [0.25, 0.3) is 0 Å². The van der Waals surface area contributed by atoms with Crippen LogP contribution in [-0.4, -0.2) is 31.5 Å². The Kier molecular flexibility index (Phi) is 7.48. The van der Waals surface area contributed by atoms with Crippen LogP contribution in [0, 0.1) is 0 Å². The van der Waals surface area contributed by atoms with Gasteiger partial charge in [-0.2, -0.15) is 0 Å². The molecule has 2 aromatic carbocycles. The number of hydrogen-bond acceptors (Lipinski definition) is 4. The molecule has 0 fully saturated rings. The fourth-order valence-electron chi connectivity index (χ4n) is 2.29. The minimum atomic E-state index is 0.300. The van der Waals surface area contributed by atoms with E-state index in [0.29, 0.717) is 5.75 Å². The van der Waals surface area contributed by atoms with Gasteiger partial charge in [-0.3, -0.25) is 0 Å². The molecule has 0 aliphatic carbocycles. The lowest BCUT2D eigenvalue weighted by Gasteiger charge is -2.11. The number of phenols is 1. The number of nitrogens with zero attached hydrogens (tertiary/aromatic N) is 1. The SMILES string of the molecule is CCNc1ccc(O)cc1SC/C=C/C=C/c1ccc(N(C)C)cc1. The van der Waals surface area contributed by atoms with Gasteiger partial charge in [0.1, 0.15) is 5.75 Å². The number of thioether (sulfide) groups is 1. The van der Waals surface area contributed by atoms with Crippen LogP contribution in [0.1, 0.15) is 12.5 Å². The molecule has 0 spiro atoms. The van der Waals surface area contributed by atoms with Gasteiger partial charge in [-0.05, 0) is 42.8 Å². The van der Waals surface area contributed by atoms with E-state index in [4.69, 9.17) is 0 Å². The summed E-state index contributed by atoms with van der Waals surface area (Å²) < 4.78 is 0. The van der Waals surface area contributed by atoms with Gasteiger partial charge >= 0.3 is 0 Å². The number of rotatable bonds is 8. The molecule has 0 heterocycles. The lowest BCUT2D eigenvalue weighted by atomic mass is 10.2. The molecule has 2 rings (SSSR count). The van der Waals surface area contributed by atoms with E-state index in [0.717, 1.165) is 22.9 Å². The fourth-order valence-corrected chi connectivity index (χ4v) is 3.18. The second kappa shape index (κ2) is 9.84. The van der Waals surface area contributed by atoms with E-state index in [1.807, 2.05) is 20.2 Å². The van der Waals surface area contributed by atoms with Crippen molar-refractivity contribution in [1.82, 2.24) is 0 Å². The van der Waals surface area contributed by atoms with Gasteiger partial charge in [-0.1, -0.05) is 36.4 Å². The molecule has 0 aliphatic rings. The highest BCUT2D eigenvalue weighted by Gasteiger charge is 2.02. The number of benzene rings is 2. The maximum atomic E-state index is 9.65. The highest BCUT2D eigenvalue weighted by molar-refractivity contribution is 7.99. The maximum absolute atomic E-state index is 9.65. The third-order valence-corrected chi connectivity index (χ3v) is 4.62. The van der Waals surface area contributed by atoms with Crippen molar-refractivity contribution in [3.8, 4) is 5.75 Å². The summed E-state index contributed by atoms with van der Waals surface area (Å²) in [5.41, 5.74) is 3.45. The Morgan fingerprint density at radius 1 is 1.08 bits per heavy atom. The third kappa shape index (κ3) is 6.24. The van der Waals surface area contributed by atoms with Gasteiger partial charge in [0.05, 0.1) is 0 Å². The molecule has 0 atom stereocenters. The quantitative estimate of drug-likeness (QED) is 0.385. The average Bonchev–Trinajstić information content (AvgIpc) is 2.60. The van der Waals surface area contributed by atoms with Crippen LogP contribution in [0.5, 0.6) is 5.75 Å². The van der Waals surface area contributed by atoms with Gasteiger partial charge in [-0.25, -0.2) is 0 Å². The Hall–Kier alpha value is -2.33. The number of nitrogens with one attached hydrogen (secondary N) is 1. The maximum Gasteiger partial charge on any atom is 0.116 e. The van der Waals surface area contributed by atoms with Crippen LogP contribution in [-0.2, 0) is 0 Å². The van der Waals surface area contributed by atoms with E-state index in [1.54, 1.807) is 23.9 Å². The van der Waals surface area contributed by atoms with Crippen molar-refractivity contribution in [2.75, 3.05) is 36.6 Å². The van der Waals surface area contributed by atoms with Gasteiger partial charge in [-0.15, -0.1) is 11.8 Å². The van der Waals surface area contributed by atoms with E-state index in [9.17, 15) is 5.11 Å². The van der Waals surface area contributed by atoms with Crippen molar-refractivity contribution in [2.24, 2.45) is 0 Å². The highest BCUT2D eigenvalue weighted by atomic mass is 32.2. The summed E-state index contributed by atoms with van der Waals surface area (Å²) in [6.07, 6.45) is 8.33. The standard InChI is InChI=1S/C21H26N2OS/c1-4-22-20-14-13-19(24)16-21(20)25-15-7-5-6-8-17-9-11-18(12-10-17)23(2)3/h5-14,16,22,24H,4,15H2,1-3H3/b7-5+,8-6+. The zero-order chi connectivity index (χ0) is 18.1. The summed E-state index contributed by atoms with van der Waals surface area (Å²) >= 11 is 1.70. The lowest BCUT2D eigenvalue weighted by molar-refractivity contribution is 0.474. The summed E-state index contributed by atoms with van der Waals surface area (Å²) in [6.45, 7) is 2.93. The van der Waals surface area contributed by atoms with Gasteiger partial charge < -0.3 is 15.3 Å². The summed E-state index contributed by atoms with van der Waals surface area (Å²) in [4.78, 5) is 3.16. The Balaban J connectivity index is 1.86. The summed E-state index contributed by atoms with van der Waals surface area (Å²) in [5.74, 6) is 1.15. The number of aromatic hydroxyl groups is 1. The Morgan fingerprint density at radius 3 is 2.52 bits per heavy atom. The monoisotopic (exact) mass is 354 g/mol. The van der Waals surface area contributed by atoms with Gasteiger partial charge in [0.2, 0.25) is 0 Å². The first kappa shape index (κ1) is 19.0. The second-order valence-corrected chi connectivity index (χ2v) is 6.86. The normalized spacial score (nSPS) is 11.3. The lowest BCUT2D eigenvalue weighted by Crippen LogP contribution is -2.07. The molecule has 0 bridgehead atoms. The van der Waals surface area contributed by atoms with Crippen molar-refractivity contribution in [2.45, 2.75) is 11.8 Å². The number of phenolic OH excluding ortho intramolecular Hbond substituents is 1. The van der Waals surface area contributed by atoms with Crippen LogP contribution < -0.4 is 10.2 Å². The molecule has 0 aliphatic heterocycles. The molecule has 2 N–H and O–H groups in total. The topological polar surface area (TPSA) is 35.5 Å². The van der Waals surface area contributed by atoms with E-state index in [1.165, 1.54) is 11.3 Å². The molecule has 4 heteroatoms. The van der Waals surface area contributed by atoms with Crippen LogP contribution in [0.3, 0.4) is 0 Å². The Morgan fingerprint density at radius 2 is 1.84 bits per heavy atom. The molecule has 0 unspecified atom stereocenters. The van der Waals surface area contributed by atoms with Crippen LogP contribution >= 0.6 is 11.8 Å². The fraction of sp³-hybridized carbons (Fsp3) is 0.238. The van der Waals surface area contributed by atoms with Crippen molar-refractivity contribution in [3.05, 3.63) is 66.3 Å². The molecule has 2 aromatic rings. The van der Waals surface area contributed by atoms with Crippen molar-refractivity contribution < 1.29 is 5.11 Å². The second-order valence-electron chi connectivity index (χ2n) is 5.80. The predicted molar refractivity (Wildman–Crippen MR) is 112 cm³/mol. The number of anilines is 2. The third-order valence-electron chi connectivity index (χ3n) is 3.61. The van der Waals surface area contributed by atoms with E-state index >= 15 is 0 Å². The summed E-state index contributed by atoms with van der Waals surface area (Å²) in [6, 6.07) is 13.9. The van der Waals surface area contributed by atoms with Gasteiger partial charge in [0.15, 0.2) is 0 Å². The minimum absolute atomic E-state index is 0.300. The molecule has 0 saturated carbocycles. The first-order valence-electron chi connectivity index (χ1n) is 8.40. The zero-order valence-corrected chi connectivity index (χ0v) is 15.9. The van der Waals surface area contributed by atoms with E-state index < -0.39 is 0 Å². The Bertz CT molecular complexity index is 721. The van der Waals surface area contributed by atoms with Crippen LogP contribution in [0.15, 0.2) is 65.6 Å². The van der Waals surface area contributed by atoms with Crippen molar-refractivity contribution in [3.63, 3.8) is 0 Å². The molecule has 132 valence electrons. The molecule has 3 nitrogen and oxygen atoms in total. The Labute approximate surface area is 155 Å². The molecule has 25 heavy (non-hydrogen) atoms. The molecular weight excluding hydrogens is 328 g/mol. The molecular formula is C21H26N2OS. The smallest absolute Gasteiger partial charge is 0.116 e. The van der Waals surface area contributed by atoms with Crippen molar-refractivity contribution >= 4 is 29.2 Å². The van der Waals surface area contributed by atoms with Crippen LogP contribution in [0.25, 0.3) is 6.08 Å². The number of hydrogen-bond donors (Lipinski definition) is 2. The highest BCUT2D eigenvalue weighted by Crippen LogP contribution is 2.30. The molecule has 0 radical (unpaired) electrons. The molecule has 0 amide bonds. The van der Waals surface area contributed by atoms with Gasteiger partial charge in [0, 0.05) is 42.7 Å². The summed E-state index contributed by atoms with van der Waals surface area (Å²) in [7, 11) is 4.08. The zero-order valence-electron chi connectivity index (χ0n) is 15.1. The van der Waals surface area contributed by atoms with Crippen LogP contribution in [0.2, 0.25) is 0 Å². The first-order chi connectivity index (χ1) is 12.1. The summed E-state index contributed by atoms with van der Waals surface area (Å²) in [5, 5.41) is 13.0. The van der Waals surface area contributed by atoms with Crippen molar-refractivity contribution in [1.29, 1.82) is 0 Å². The van der Waals surface area contributed by atoms with Crippen LogP contribution in [0.4, 0.5) is 11.4 Å². The minimum Gasteiger partial charge on any atom is -0.508 e. The van der Waals surface area contributed by atoms with E-state index in [-0.39, 0.29) is 0 Å². The predicted octanol–water partition coefficient (Wildman–Crippen LogP) is 5.25. The average molecular weight is 355 g/mol. The molecule has 0 saturated heterocycles. The largest absolute Gasteiger partial charge is 0.508 e. The number of allylic oxidation sites excluding steroid dienone is 2. The van der Waals surface area contributed by atoms with E-state index in [2.05, 4.69) is 65.7 Å².